The molecule has 0 amide bonds. The zero-order chi connectivity index (χ0) is 17.6. The molecule has 0 saturated carbocycles. The number of halogens is 1. The number of nitrogens with zero attached hydrogens (tertiary/aromatic N) is 4. The first-order chi connectivity index (χ1) is 12.0. The van der Waals surface area contributed by atoms with Crippen LogP contribution in [0.25, 0.3) is 10.1 Å². The van der Waals surface area contributed by atoms with Crippen LogP contribution in [0.5, 0.6) is 0 Å². The molecule has 1 aromatic carbocycles. The second kappa shape index (κ2) is 5.92. The highest BCUT2D eigenvalue weighted by Gasteiger charge is 2.27. The van der Waals surface area contributed by atoms with Crippen molar-refractivity contribution in [3.8, 4) is 0 Å². The van der Waals surface area contributed by atoms with Gasteiger partial charge in [-0.1, -0.05) is 5.21 Å². The number of hydrogen-bond donors (Lipinski definition) is 1. The molecule has 1 saturated heterocycles. The number of rotatable bonds is 3. The fourth-order valence-electron chi connectivity index (χ4n) is 3.12. The standard InChI is InChI=1S/C16H13FN4O3S/c17-12-5-10-14(25-8-11(15(10)22)16(23)24)6-13(12)20-3-1-9(7-20)21-4-2-18-19-21/h2,4-6,8-9H,1,3,7H2,(H,23,24). The minimum absolute atomic E-state index is 0.0955. The summed E-state index contributed by atoms with van der Waals surface area (Å²) in [5.74, 6) is -1.83. The van der Waals surface area contributed by atoms with E-state index in [2.05, 4.69) is 10.3 Å². The average molecular weight is 360 g/mol. The number of carbonyl (C=O) groups is 1. The van der Waals surface area contributed by atoms with E-state index in [0.29, 0.717) is 23.5 Å². The molecule has 25 heavy (non-hydrogen) atoms. The molecule has 1 unspecified atom stereocenters. The highest BCUT2D eigenvalue weighted by molar-refractivity contribution is 7.16. The number of aromatic nitrogens is 3. The van der Waals surface area contributed by atoms with Gasteiger partial charge >= 0.3 is 5.97 Å². The number of anilines is 1. The zero-order valence-corrected chi connectivity index (χ0v) is 13.7. The van der Waals surface area contributed by atoms with Crippen molar-refractivity contribution in [3.05, 3.63) is 51.5 Å². The Kier molecular flexibility index (Phi) is 3.72. The number of carboxylic acid groups (broad SMARTS) is 1. The average Bonchev–Trinajstić information content (AvgIpc) is 3.26. The highest BCUT2D eigenvalue weighted by atomic mass is 32.1. The Morgan fingerprint density at radius 3 is 2.96 bits per heavy atom. The molecule has 3 heterocycles. The van der Waals surface area contributed by atoms with Crippen LogP contribution in [0.4, 0.5) is 10.1 Å². The molecule has 1 atom stereocenters. The second-order valence-electron chi connectivity index (χ2n) is 5.86. The predicted octanol–water partition coefficient (Wildman–Crippen LogP) is 2.14. The van der Waals surface area contributed by atoms with Crippen LogP contribution < -0.4 is 10.3 Å². The van der Waals surface area contributed by atoms with Crippen molar-refractivity contribution in [1.82, 2.24) is 15.0 Å². The van der Waals surface area contributed by atoms with Gasteiger partial charge in [0.25, 0.3) is 0 Å². The van der Waals surface area contributed by atoms with Gasteiger partial charge in [-0.3, -0.25) is 4.79 Å². The van der Waals surface area contributed by atoms with Crippen LogP contribution in [-0.2, 0) is 0 Å². The number of aromatic carboxylic acids is 1. The molecule has 2 aromatic heterocycles. The topological polar surface area (TPSA) is 88.3 Å². The summed E-state index contributed by atoms with van der Waals surface area (Å²) in [5, 5.41) is 18.2. The van der Waals surface area contributed by atoms with E-state index in [9.17, 15) is 14.0 Å². The summed E-state index contributed by atoms with van der Waals surface area (Å²) in [6.07, 6.45) is 4.20. The van der Waals surface area contributed by atoms with Gasteiger partial charge in [0.05, 0.1) is 17.9 Å². The SMILES string of the molecule is O=C(O)c1csc2cc(N3CCC(n4ccnn4)C3)c(F)cc2c1=O. The number of fused-ring (bicyclic) bond motifs is 1. The molecule has 0 aliphatic carbocycles. The van der Waals surface area contributed by atoms with Crippen LogP contribution in [0.15, 0.2) is 34.7 Å². The van der Waals surface area contributed by atoms with E-state index in [4.69, 9.17) is 5.11 Å². The third-order valence-electron chi connectivity index (χ3n) is 4.39. The molecule has 1 fully saturated rings. The van der Waals surface area contributed by atoms with Gasteiger partial charge in [-0.2, -0.15) is 0 Å². The van der Waals surface area contributed by atoms with Crippen molar-refractivity contribution in [1.29, 1.82) is 0 Å². The fourth-order valence-corrected chi connectivity index (χ4v) is 4.03. The lowest BCUT2D eigenvalue weighted by molar-refractivity contribution is 0.0696. The van der Waals surface area contributed by atoms with Crippen LogP contribution >= 0.6 is 11.3 Å². The van der Waals surface area contributed by atoms with Gasteiger partial charge in [-0.15, -0.1) is 16.4 Å². The van der Waals surface area contributed by atoms with E-state index in [1.807, 2.05) is 4.90 Å². The normalized spacial score (nSPS) is 17.3. The molecule has 1 N–H and O–H groups in total. The van der Waals surface area contributed by atoms with Gasteiger partial charge in [0.1, 0.15) is 11.4 Å². The van der Waals surface area contributed by atoms with E-state index in [1.165, 1.54) is 5.38 Å². The summed E-state index contributed by atoms with van der Waals surface area (Å²) in [6.45, 7) is 1.25. The van der Waals surface area contributed by atoms with Gasteiger partial charge in [0.2, 0.25) is 5.43 Å². The van der Waals surface area contributed by atoms with Gasteiger partial charge in [-0.25, -0.2) is 13.9 Å². The smallest absolute Gasteiger partial charge is 0.340 e. The van der Waals surface area contributed by atoms with Crippen LogP contribution in [-0.4, -0.2) is 39.2 Å². The van der Waals surface area contributed by atoms with E-state index >= 15 is 0 Å². The van der Waals surface area contributed by atoms with Crippen LogP contribution in [0.2, 0.25) is 0 Å². The molecule has 3 aromatic rings. The van der Waals surface area contributed by atoms with E-state index < -0.39 is 17.2 Å². The fraction of sp³-hybridized carbons (Fsp3) is 0.250. The first kappa shape index (κ1) is 15.7. The molecular formula is C16H13FN4O3S. The van der Waals surface area contributed by atoms with Crippen molar-refractivity contribution in [2.75, 3.05) is 18.0 Å². The summed E-state index contributed by atoms with van der Waals surface area (Å²) < 4.78 is 16.9. The van der Waals surface area contributed by atoms with Crippen molar-refractivity contribution >= 4 is 33.1 Å². The highest BCUT2D eigenvalue weighted by Crippen LogP contribution is 2.32. The molecule has 0 radical (unpaired) electrons. The summed E-state index contributed by atoms with van der Waals surface area (Å²) in [7, 11) is 0. The lowest BCUT2D eigenvalue weighted by Gasteiger charge is -2.19. The molecule has 0 bridgehead atoms. The Morgan fingerprint density at radius 2 is 2.24 bits per heavy atom. The van der Waals surface area contributed by atoms with E-state index in [-0.39, 0.29) is 17.0 Å². The maximum absolute atomic E-state index is 14.6. The largest absolute Gasteiger partial charge is 0.478 e. The van der Waals surface area contributed by atoms with Crippen molar-refractivity contribution in [2.45, 2.75) is 12.5 Å². The minimum atomic E-state index is -1.30. The molecule has 4 rings (SSSR count). The second-order valence-corrected chi connectivity index (χ2v) is 6.77. The summed E-state index contributed by atoms with van der Waals surface area (Å²) in [6, 6.07) is 2.87. The van der Waals surface area contributed by atoms with Gasteiger partial charge in [0, 0.05) is 34.8 Å². The summed E-state index contributed by atoms with van der Waals surface area (Å²) >= 11 is 1.12. The number of carboxylic acids is 1. The Bertz CT molecular complexity index is 1020. The van der Waals surface area contributed by atoms with Crippen molar-refractivity contribution in [3.63, 3.8) is 0 Å². The maximum atomic E-state index is 14.6. The molecular weight excluding hydrogens is 347 g/mol. The Labute approximate surface area is 144 Å². The monoisotopic (exact) mass is 360 g/mol. The molecule has 128 valence electrons. The molecule has 9 heteroatoms. The lowest BCUT2D eigenvalue weighted by atomic mass is 10.1. The van der Waals surface area contributed by atoms with Crippen LogP contribution in [0.1, 0.15) is 22.8 Å². The number of hydrogen-bond acceptors (Lipinski definition) is 6. The predicted molar refractivity (Wildman–Crippen MR) is 90.9 cm³/mol. The van der Waals surface area contributed by atoms with E-state index in [0.717, 1.165) is 23.8 Å². The molecule has 0 spiro atoms. The summed E-state index contributed by atoms with van der Waals surface area (Å²) in [4.78, 5) is 25.2. The zero-order valence-electron chi connectivity index (χ0n) is 12.9. The van der Waals surface area contributed by atoms with Crippen molar-refractivity contribution < 1.29 is 14.3 Å². The Balaban J connectivity index is 1.72. The summed E-state index contributed by atoms with van der Waals surface area (Å²) in [5.41, 5.74) is -0.584. The van der Waals surface area contributed by atoms with Gasteiger partial charge < -0.3 is 10.0 Å². The van der Waals surface area contributed by atoms with Gasteiger partial charge in [-0.05, 0) is 18.6 Å². The van der Waals surface area contributed by atoms with Gasteiger partial charge in [0.15, 0.2) is 0 Å². The number of benzene rings is 1. The Morgan fingerprint density at radius 1 is 1.40 bits per heavy atom. The minimum Gasteiger partial charge on any atom is -0.478 e. The first-order valence-electron chi connectivity index (χ1n) is 7.63. The molecule has 1 aliphatic rings. The molecule has 7 nitrogen and oxygen atoms in total. The molecule has 1 aliphatic heterocycles. The maximum Gasteiger partial charge on any atom is 0.340 e. The Hall–Kier alpha value is -2.81. The first-order valence-corrected chi connectivity index (χ1v) is 8.51. The lowest BCUT2D eigenvalue weighted by Crippen LogP contribution is -2.22. The van der Waals surface area contributed by atoms with Crippen LogP contribution in [0.3, 0.4) is 0 Å². The third kappa shape index (κ3) is 2.66. The van der Waals surface area contributed by atoms with Crippen LogP contribution in [0, 0.1) is 5.82 Å². The quantitative estimate of drug-likeness (QED) is 0.770. The van der Waals surface area contributed by atoms with E-state index in [1.54, 1.807) is 23.1 Å². The van der Waals surface area contributed by atoms with Crippen molar-refractivity contribution in [2.24, 2.45) is 0 Å². The third-order valence-corrected chi connectivity index (χ3v) is 5.34.